The molecule has 19 heavy (non-hydrogen) atoms. The topological polar surface area (TPSA) is 49.8 Å². The van der Waals surface area contributed by atoms with Crippen LogP contribution in [0, 0.1) is 0 Å². The fraction of sp³-hybridized carbons (Fsp3) is 0.571. The summed E-state index contributed by atoms with van der Waals surface area (Å²) in [7, 11) is 0. The molecule has 3 rings (SSSR count). The summed E-state index contributed by atoms with van der Waals surface area (Å²) in [6.07, 6.45) is 4.96. The minimum Gasteiger partial charge on any atom is -0.364 e. The molecule has 1 aliphatic rings. The number of thiophene rings is 1. The molecule has 0 aromatic carbocycles. The van der Waals surface area contributed by atoms with Crippen molar-refractivity contribution in [1.29, 1.82) is 0 Å². The lowest BCUT2D eigenvalue weighted by molar-refractivity contribution is 0.269. The Morgan fingerprint density at radius 1 is 1.32 bits per heavy atom. The van der Waals surface area contributed by atoms with E-state index in [4.69, 9.17) is 0 Å². The molecular formula is C14H20N4S. The Kier molecular flexibility index (Phi) is 3.31. The van der Waals surface area contributed by atoms with E-state index in [2.05, 4.69) is 45.9 Å². The van der Waals surface area contributed by atoms with Crippen LogP contribution in [0.25, 0.3) is 10.2 Å². The summed E-state index contributed by atoms with van der Waals surface area (Å²) in [5.74, 6) is 1.72. The SMILES string of the molecule is CCNc1nc(NC2(CC)CCC2)c2ccsc2n1. The van der Waals surface area contributed by atoms with Gasteiger partial charge in [0.05, 0.1) is 5.39 Å². The van der Waals surface area contributed by atoms with Crippen LogP contribution in [0.15, 0.2) is 11.4 Å². The van der Waals surface area contributed by atoms with E-state index in [9.17, 15) is 0 Å². The molecule has 1 aliphatic carbocycles. The summed E-state index contributed by atoms with van der Waals surface area (Å²) in [4.78, 5) is 10.2. The van der Waals surface area contributed by atoms with Crippen molar-refractivity contribution < 1.29 is 0 Å². The fourth-order valence-electron chi connectivity index (χ4n) is 2.61. The van der Waals surface area contributed by atoms with Crippen LogP contribution in [0.5, 0.6) is 0 Å². The Hall–Kier alpha value is -1.36. The van der Waals surface area contributed by atoms with E-state index >= 15 is 0 Å². The van der Waals surface area contributed by atoms with E-state index in [0.29, 0.717) is 0 Å². The van der Waals surface area contributed by atoms with Gasteiger partial charge in [-0.15, -0.1) is 11.3 Å². The number of rotatable bonds is 5. The Bertz CT molecular complexity index is 568. The zero-order chi connectivity index (χ0) is 13.3. The van der Waals surface area contributed by atoms with Gasteiger partial charge in [-0.3, -0.25) is 0 Å². The van der Waals surface area contributed by atoms with Gasteiger partial charge in [0.1, 0.15) is 10.6 Å². The lowest BCUT2D eigenvalue weighted by atomic mass is 9.75. The Morgan fingerprint density at radius 2 is 2.16 bits per heavy atom. The molecule has 0 atom stereocenters. The zero-order valence-corrected chi connectivity index (χ0v) is 12.3. The van der Waals surface area contributed by atoms with Gasteiger partial charge in [0.25, 0.3) is 0 Å². The number of fused-ring (bicyclic) bond motifs is 1. The first-order valence-electron chi connectivity index (χ1n) is 7.03. The van der Waals surface area contributed by atoms with Crippen LogP contribution in [0.3, 0.4) is 0 Å². The van der Waals surface area contributed by atoms with Crippen molar-refractivity contribution >= 4 is 33.3 Å². The number of hydrogen-bond donors (Lipinski definition) is 2. The summed E-state index contributed by atoms with van der Waals surface area (Å²) >= 11 is 1.67. The van der Waals surface area contributed by atoms with Gasteiger partial charge in [-0.05, 0) is 44.1 Å². The van der Waals surface area contributed by atoms with Gasteiger partial charge in [-0.2, -0.15) is 4.98 Å². The maximum absolute atomic E-state index is 4.65. The van der Waals surface area contributed by atoms with E-state index in [-0.39, 0.29) is 5.54 Å². The molecule has 0 bridgehead atoms. The van der Waals surface area contributed by atoms with Crippen LogP contribution in [-0.2, 0) is 0 Å². The van der Waals surface area contributed by atoms with E-state index in [1.165, 1.54) is 19.3 Å². The third-order valence-corrected chi connectivity index (χ3v) is 4.84. The van der Waals surface area contributed by atoms with Crippen LogP contribution in [0.2, 0.25) is 0 Å². The van der Waals surface area contributed by atoms with Crippen molar-refractivity contribution in [1.82, 2.24) is 9.97 Å². The molecule has 0 aliphatic heterocycles. The summed E-state index contributed by atoms with van der Waals surface area (Å²) in [5.41, 5.74) is 0.257. The van der Waals surface area contributed by atoms with Crippen molar-refractivity contribution in [2.45, 2.75) is 45.1 Å². The number of aromatic nitrogens is 2. The van der Waals surface area contributed by atoms with Crippen molar-refractivity contribution in [2.24, 2.45) is 0 Å². The van der Waals surface area contributed by atoms with E-state index in [0.717, 1.165) is 34.9 Å². The smallest absolute Gasteiger partial charge is 0.226 e. The van der Waals surface area contributed by atoms with Gasteiger partial charge < -0.3 is 10.6 Å². The first-order valence-corrected chi connectivity index (χ1v) is 7.91. The molecule has 5 heteroatoms. The van der Waals surface area contributed by atoms with E-state index in [1.54, 1.807) is 11.3 Å². The van der Waals surface area contributed by atoms with Gasteiger partial charge in [-0.1, -0.05) is 6.92 Å². The summed E-state index contributed by atoms with van der Waals surface area (Å²) < 4.78 is 0. The highest BCUT2D eigenvalue weighted by Gasteiger charge is 2.35. The van der Waals surface area contributed by atoms with Gasteiger partial charge in [-0.25, -0.2) is 4.98 Å². The average molecular weight is 276 g/mol. The molecule has 1 fully saturated rings. The van der Waals surface area contributed by atoms with E-state index < -0.39 is 0 Å². The first-order chi connectivity index (χ1) is 9.26. The monoisotopic (exact) mass is 276 g/mol. The van der Waals surface area contributed by atoms with Crippen molar-refractivity contribution in [3.8, 4) is 0 Å². The second kappa shape index (κ2) is 4.96. The highest BCUT2D eigenvalue weighted by atomic mass is 32.1. The Labute approximate surface area is 117 Å². The molecule has 1 saturated carbocycles. The lowest BCUT2D eigenvalue weighted by Crippen LogP contribution is -2.44. The first kappa shape index (κ1) is 12.7. The average Bonchev–Trinajstić information content (AvgIpc) is 2.82. The molecule has 0 radical (unpaired) electrons. The van der Waals surface area contributed by atoms with Gasteiger partial charge in [0.15, 0.2) is 0 Å². The van der Waals surface area contributed by atoms with Crippen molar-refractivity contribution in [3.05, 3.63) is 11.4 Å². The summed E-state index contributed by atoms with van der Waals surface area (Å²) in [6, 6.07) is 2.11. The standard InChI is InChI=1S/C14H20N4S/c1-3-14(7-5-8-14)18-11-10-6-9-19-12(10)17-13(16-11)15-4-2/h6,9H,3-5,7-8H2,1-2H3,(H2,15,16,17,18). The second-order valence-electron chi connectivity index (χ2n) is 5.18. The van der Waals surface area contributed by atoms with Crippen LogP contribution in [0.1, 0.15) is 39.5 Å². The predicted molar refractivity (Wildman–Crippen MR) is 82.1 cm³/mol. The second-order valence-corrected chi connectivity index (χ2v) is 6.07. The fourth-order valence-corrected chi connectivity index (χ4v) is 3.37. The largest absolute Gasteiger partial charge is 0.364 e. The van der Waals surface area contributed by atoms with Crippen molar-refractivity contribution in [3.63, 3.8) is 0 Å². The minimum atomic E-state index is 0.257. The number of anilines is 2. The highest BCUT2D eigenvalue weighted by Crippen LogP contribution is 2.39. The zero-order valence-electron chi connectivity index (χ0n) is 11.5. The summed E-state index contributed by atoms with van der Waals surface area (Å²) in [5, 5.41) is 10.1. The molecule has 2 aromatic heterocycles. The van der Waals surface area contributed by atoms with Gasteiger partial charge >= 0.3 is 0 Å². The maximum atomic E-state index is 4.65. The van der Waals surface area contributed by atoms with Crippen LogP contribution < -0.4 is 10.6 Å². The molecule has 4 nitrogen and oxygen atoms in total. The molecule has 2 aromatic rings. The molecule has 0 saturated heterocycles. The third kappa shape index (κ3) is 2.27. The molecular weight excluding hydrogens is 256 g/mol. The molecule has 0 amide bonds. The number of nitrogens with zero attached hydrogens (tertiary/aromatic N) is 2. The molecule has 2 N–H and O–H groups in total. The van der Waals surface area contributed by atoms with E-state index in [1.807, 2.05) is 0 Å². The maximum Gasteiger partial charge on any atom is 0.226 e. The predicted octanol–water partition coefficient (Wildman–Crippen LogP) is 3.87. The number of nitrogens with one attached hydrogen (secondary N) is 2. The normalized spacial score (nSPS) is 17.2. The Morgan fingerprint density at radius 3 is 2.79 bits per heavy atom. The minimum absolute atomic E-state index is 0.257. The van der Waals surface area contributed by atoms with Crippen LogP contribution in [0.4, 0.5) is 11.8 Å². The van der Waals surface area contributed by atoms with Crippen molar-refractivity contribution in [2.75, 3.05) is 17.2 Å². The number of hydrogen-bond acceptors (Lipinski definition) is 5. The lowest BCUT2D eigenvalue weighted by Gasteiger charge is -2.42. The third-order valence-electron chi connectivity index (χ3n) is 4.03. The van der Waals surface area contributed by atoms with Gasteiger partial charge in [0, 0.05) is 12.1 Å². The molecule has 102 valence electrons. The van der Waals surface area contributed by atoms with Crippen LogP contribution in [-0.4, -0.2) is 22.1 Å². The molecule has 2 heterocycles. The highest BCUT2D eigenvalue weighted by molar-refractivity contribution is 7.16. The molecule has 0 spiro atoms. The molecule has 0 unspecified atom stereocenters. The van der Waals surface area contributed by atoms with Crippen LogP contribution >= 0.6 is 11.3 Å². The Balaban J connectivity index is 1.98. The van der Waals surface area contributed by atoms with Gasteiger partial charge in [0.2, 0.25) is 5.95 Å². The summed E-state index contributed by atoms with van der Waals surface area (Å²) in [6.45, 7) is 5.16. The quantitative estimate of drug-likeness (QED) is 0.870.